The maximum absolute atomic E-state index is 9.71. The minimum absolute atomic E-state index is 0.0167. The molecule has 0 spiro atoms. The van der Waals surface area contributed by atoms with Gasteiger partial charge in [-0.15, -0.1) is 0 Å². The number of nitrogens with zero attached hydrogens (tertiary/aromatic N) is 3. The van der Waals surface area contributed by atoms with Gasteiger partial charge in [0.15, 0.2) is 0 Å². The molecule has 3 atom stereocenters. The predicted octanol–water partition coefficient (Wildman–Crippen LogP) is 3.14. The van der Waals surface area contributed by atoms with E-state index in [1.807, 2.05) is 13.0 Å². The maximum Gasteiger partial charge on any atom is 0.134 e. The number of benzene rings is 1. The van der Waals surface area contributed by atoms with Gasteiger partial charge in [-0.05, 0) is 50.3 Å². The molecule has 4 heterocycles. The molecule has 1 aromatic heterocycles. The van der Waals surface area contributed by atoms with Crippen LogP contribution in [-0.2, 0) is 24.3 Å². The molecule has 0 radical (unpaired) electrons. The number of aliphatic hydroxyl groups is 1. The standard InChI is InChI=1S/C24H32N4O3/c1-15-26-20-11-18-6-7-21(23(20)24(27-15)25-12-19-4-3-9-31-19)28(18)13-16-5-8-22(30-2)17(10-16)14-29/h5,8,10,18-19,21,29H,3-4,6-7,9,11-14H2,1-2H3,(H,25,26,27)/t18-,19+,21-/m0/s1. The van der Waals surface area contributed by atoms with Gasteiger partial charge in [0.25, 0.3) is 0 Å². The summed E-state index contributed by atoms with van der Waals surface area (Å²) in [6.45, 7) is 4.49. The number of ether oxygens (including phenoxy) is 2. The Hall–Kier alpha value is -2.22. The molecule has 7 nitrogen and oxygen atoms in total. The molecule has 0 unspecified atom stereocenters. The van der Waals surface area contributed by atoms with Crippen LogP contribution in [0.25, 0.3) is 0 Å². The fourth-order valence-corrected chi connectivity index (χ4v) is 5.49. The molecular formula is C24H32N4O3. The molecule has 1 aromatic carbocycles. The highest BCUT2D eigenvalue weighted by Crippen LogP contribution is 2.46. The van der Waals surface area contributed by atoms with Crippen LogP contribution >= 0.6 is 0 Å². The van der Waals surface area contributed by atoms with Gasteiger partial charge in [0.2, 0.25) is 0 Å². The zero-order valence-electron chi connectivity index (χ0n) is 18.4. The van der Waals surface area contributed by atoms with E-state index in [1.54, 1.807) is 7.11 Å². The number of fused-ring (bicyclic) bond motifs is 4. The van der Waals surface area contributed by atoms with Gasteiger partial charge in [-0.2, -0.15) is 0 Å². The number of nitrogens with one attached hydrogen (secondary N) is 1. The Kier molecular flexibility index (Phi) is 5.82. The number of methoxy groups -OCH3 is 1. The number of anilines is 1. The van der Waals surface area contributed by atoms with Gasteiger partial charge in [-0.3, -0.25) is 4.90 Å². The Morgan fingerprint density at radius 1 is 1.26 bits per heavy atom. The van der Waals surface area contributed by atoms with Crippen LogP contribution in [0, 0.1) is 6.92 Å². The molecule has 0 amide bonds. The van der Waals surface area contributed by atoms with Crippen molar-refractivity contribution in [1.82, 2.24) is 14.9 Å². The summed E-state index contributed by atoms with van der Waals surface area (Å²) >= 11 is 0. The third-order valence-electron chi connectivity index (χ3n) is 6.94. The Morgan fingerprint density at radius 2 is 2.16 bits per heavy atom. The second kappa shape index (κ2) is 8.73. The first-order chi connectivity index (χ1) is 15.2. The zero-order chi connectivity index (χ0) is 21.4. The fourth-order valence-electron chi connectivity index (χ4n) is 5.49. The summed E-state index contributed by atoms with van der Waals surface area (Å²) in [5, 5.41) is 13.3. The lowest BCUT2D eigenvalue weighted by atomic mass is 9.96. The van der Waals surface area contributed by atoms with Crippen LogP contribution in [0.2, 0.25) is 0 Å². The fraction of sp³-hybridized carbons (Fsp3) is 0.583. The third kappa shape index (κ3) is 4.02. The average molecular weight is 425 g/mol. The molecule has 2 saturated heterocycles. The lowest BCUT2D eigenvalue weighted by Gasteiger charge is -2.37. The first-order valence-electron chi connectivity index (χ1n) is 11.4. The molecule has 166 valence electrons. The van der Waals surface area contributed by atoms with Gasteiger partial charge in [-0.25, -0.2) is 9.97 Å². The SMILES string of the molecule is COc1ccc(CN2[C@H]3CC[C@H]2c2c(nc(C)nc2NC[C@H]2CCCO2)C3)cc1CO. The Morgan fingerprint density at radius 3 is 2.94 bits per heavy atom. The van der Waals surface area contributed by atoms with E-state index < -0.39 is 0 Å². The van der Waals surface area contributed by atoms with E-state index in [1.165, 1.54) is 23.2 Å². The van der Waals surface area contributed by atoms with Gasteiger partial charge in [0, 0.05) is 49.3 Å². The first kappa shape index (κ1) is 20.7. The van der Waals surface area contributed by atoms with E-state index in [0.717, 1.165) is 68.3 Å². The Balaban J connectivity index is 1.40. The molecular weight excluding hydrogens is 392 g/mol. The normalized spacial score (nSPS) is 24.9. The van der Waals surface area contributed by atoms with Crippen molar-refractivity contribution in [2.45, 2.75) is 70.4 Å². The molecule has 31 heavy (non-hydrogen) atoms. The third-order valence-corrected chi connectivity index (χ3v) is 6.94. The number of rotatable bonds is 7. The largest absolute Gasteiger partial charge is 0.496 e. The number of hydrogen-bond donors (Lipinski definition) is 2. The van der Waals surface area contributed by atoms with Gasteiger partial charge >= 0.3 is 0 Å². The summed E-state index contributed by atoms with van der Waals surface area (Å²) in [4.78, 5) is 12.2. The number of aryl methyl sites for hydroxylation is 1. The number of aromatic nitrogens is 2. The van der Waals surface area contributed by atoms with Crippen molar-refractivity contribution in [3.63, 3.8) is 0 Å². The minimum atomic E-state index is -0.0167. The summed E-state index contributed by atoms with van der Waals surface area (Å²) in [6, 6.07) is 6.95. The van der Waals surface area contributed by atoms with E-state index in [-0.39, 0.29) is 12.7 Å². The molecule has 2 fully saturated rings. The smallest absolute Gasteiger partial charge is 0.134 e. The lowest BCUT2D eigenvalue weighted by molar-refractivity contribution is 0.120. The van der Waals surface area contributed by atoms with Gasteiger partial charge in [0.05, 0.1) is 25.5 Å². The van der Waals surface area contributed by atoms with Crippen LogP contribution < -0.4 is 10.1 Å². The van der Waals surface area contributed by atoms with Crippen LogP contribution in [-0.4, -0.2) is 52.4 Å². The van der Waals surface area contributed by atoms with Crippen LogP contribution in [0.15, 0.2) is 18.2 Å². The summed E-state index contributed by atoms with van der Waals surface area (Å²) in [5.74, 6) is 2.56. The van der Waals surface area contributed by atoms with Crippen molar-refractivity contribution in [3.8, 4) is 5.75 Å². The van der Waals surface area contributed by atoms with E-state index in [4.69, 9.17) is 19.4 Å². The summed E-state index contributed by atoms with van der Waals surface area (Å²) < 4.78 is 11.2. The molecule has 3 aliphatic heterocycles. The van der Waals surface area contributed by atoms with Gasteiger partial charge < -0.3 is 19.9 Å². The van der Waals surface area contributed by atoms with Crippen molar-refractivity contribution in [2.24, 2.45) is 0 Å². The average Bonchev–Trinajstić information content (AvgIpc) is 3.38. The highest BCUT2D eigenvalue weighted by atomic mass is 16.5. The molecule has 3 aliphatic rings. The minimum Gasteiger partial charge on any atom is -0.496 e. The maximum atomic E-state index is 9.71. The molecule has 2 N–H and O–H groups in total. The van der Waals surface area contributed by atoms with Crippen LogP contribution in [0.3, 0.4) is 0 Å². The van der Waals surface area contributed by atoms with Crippen molar-refractivity contribution < 1.29 is 14.6 Å². The molecule has 2 bridgehead atoms. The van der Waals surface area contributed by atoms with Crippen LogP contribution in [0.1, 0.15) is 59.9 Å². The topological polar surface area (TPSA) is 79.7 Å². The quantitative estimate of drug-likeness (QED) is 0.707. The predicted molar refractivity (Wildman–Crippen MR) is 118 cm³/mol. The van der Waals surface area contributed by atoms with Crippen LogP contribution in [0.4, 0.5) is 5.82 Å². The van der Waals surface area contributed by atoms with Gasteiger partial charge in [-0.1, -0.05) is 6.07 Å². The van der Waals surface area contributed by atoms with Crippen molar-refractivity contribution >= 4 is 5.82 Å². The molecule has 5 rings (SSSR count). The Labute approximate surface area is 183 Å². The van der Waals surface area contributed by atoms with Crippen molar-refractivity contribution in [1.29, 1.82) is 0 Å². The summed E-state index contributed by atoms with van der Waals surface area (Å²) in [7, 11) is 1.64. The second-order valence-electron chi connectivity index (χ2n) is 8.92. The summed E-state index contributed by atoms with van der Waals surface area (Å²) in [5.41, 5.74) is 4.51. The zero-order valence-corrected chi connectivity index (χ0v) is 18.4. The number of aliphatic hydroxyl groups excluding tert-OH is 1. The highest BCUT2D eigenvalue weighted by Gasteiger charge is 2.42. The van der Waals surface area contributed by atoms with Gasteiger partial charge in [0.1, 0.15) is 17.4 Å². The number of hydrogen-bond acceptors (Lipinski definition) is 7. The van der Waals surface area contributed by atoms with Crippen LogP contribution in [0.5, 0.6) is 5.75 Å². The van der Waals surface area contributed by atoms with E-state index >= 15 is 0 Å². The van der Waals surface area contributed by atoms with E-state index in [0.29, 0.717) is 12.1 Å². The Bertz CT molecular complexity index is 945. The molecule has 2 aromatic rings. The molecule has 7 heteroatoms. The monoisotopic (exact) mass is 424 g/mol. The summed E-state index contributed by atoms with van der Waals surface area (Å²) in [6.07, 6.45) is 5.80. The van der Waals surface area contributed by atoms with Crippen molar-refractivity contribution in [3.05, 3.63) is 46.4 Å². The second-order valence-corrected chi connectivity index (χ2v) is 8.92. The van der Waals surface area contributed by atoms with E-state index in [9.17, 15) is 5.11 Å². The molecule has 0 saturated carbocycles. The lowest BCUT2D eigenvalue weighted by Crippen LogP contribution is -2.38. The van der Waals surface area contributed by atoms with Crippen molar-refractivity contribution in [2.75, 3.05) is 25.6 Å². The first-order valence-corrected chi connectivity index (χ1v) is 11.4. The molecule has 0 aliphatic carbocycles. The van der Waals surface area contributed by atoms with E-state index in [2.05, 4.69) is 22.3 Å². The highest BCUT2D eigenvalue weighted by molar-refractivity contribution is 5.51.